The standard InChI is InChI=1S/C25H50/c1-7-15-23(16-8-2)24(22(5)21(3)4)17-11-9-10-12-18-25(6)19-13-14-20-25/h21-24H,7-20H2,1-6H3. The van der Waals surface area contributed by atoms with Crippen molar-refractivity contribution in [3.63, 3.8) is 0 Å². The lowest BCUT2D eigenvalue weighted by molar-refractivity contribution is 0.157. The Morgan fingerprint density at radius 2 is 1.32 bits per heavy atom. The molecule has 0 aromatic heterocycles. The minimum Gasteiger partial charge on any atom is -0.0654 e. The molecular weight excluding hydrogens is 300 g/mol. The van der Waals surface area contributed by atoms with Gasteiger partial charge >= 0.3 is 0 Å². The van der Waals surface area contributed by atoms with Crippen LogP contribution in [0.4, 0.5) is 0 Å². The molecule has 0 N–H and O–H groups in total. The molecule has 25 heavy (non-hydrogen) atoms. The third-order valence-electron chi connectivity index (χ3n) is 7.53. The number of rotatable bonds is 14. The molecule has 0 bridgehead atoms. The van der Waals surface area contributed by atoms with Crippen LogP contribution < -0.4 is 0 Å². The molecule has 0 spiro atoms. The van der Waals surface area contributed by atoms with E-state index in [0.29, 0.717) is 5.41 Å². The van der Waals surface area contributed by atoms with Gasteiger partial charge in [-0.25, -0.2) is 0 Å². The van der Waals surface area contributed by atoms with Gasteiger partial charge < -0.3 is 0 Å². The van der Waals surface area contributed by atoms with E-state index in [9.17, 15) is 0 Å². The van der Waals surface area contributed by atoms with Crippen molar-refractivity contribution < 1.29 is 0 Å². The zero-order valence-corrected chi connectivity index (χ0v) is 18.7. The molecule has 150 valence electrons. The quantitative estimate of drug-likeness (QED) is 0.274. The third kappa shape index (κ3) is 8.49. The second-order valence-corrected chi connectivity index (χ2v) is 10.1. The number of unbranched alkanes of at least 4 members (excludes halogenated alkanes) is 3. The van der Waals surface area contributed by atoms with Crippen LogP contribution >= 0.6 is 0 Å². The van der Waals surface area contributed by atoms with E-state index < -0.39 is 0 Å². The highest BCUT2D eigenvalue weighted by molar-refractivity contribution is 4.80. The highest BCUT2D eigenvalue weighted by atomic mass is 14.3. The van der Waals surface area contributed by atoms with Gasteiger partial charge in [0.2, 0.25) is 0 Å². The van der Waals surface area contributed by atoms with E-state index in [4.69, 9.17) is 0 Å². The van der Waals surface area contributed by atoms with Crippen LogP contribution in [0.15, 0.2) is 0 Å². The number of hydrogen-bond donors (Lipinski definition) is 0. The Morgan fingerprint density at radius 1 is 0.760 bits per heavy atom. The smallest absolute Gasteiger partial charge is 0.0326 e. The van der Waals surface area contributed by atoms with Gasteiger partial charge in [-0.1, -0.05) is 106 Å². The SMILES string of the molecule is CCCC(CCC)C(CCCCCCC1(C)CCCC1)C(C)C(C)C. The van der Waals surface area contributed by atoms with E-state index in [1.165, 1.54) is 89.9 Å². The third-order valence-corrected chi connectivity index (χ3v) is 7.53. The molecule has 1 rings (SSSR count). The van der Waals surface area contributed by atoms with Crippen LogP contribution in [0.1, 0.15) is 131 Å². The Labute approximate surface area is 160 Å². The highest BCUT2D eigenvalue weighted by Crippen LogP contribution is 2.42. The summed E-state index contributed by atoms with van der Waals surface area (Å²) in [5.41, 5.74) is 0.710. The molecule has 0 nitrogen and oxygen atoms in total. The zero-order chi connectivity index (χ0) is 18.7. The monoisotopic (exact) mass is 350 g/mol. The van der Waals surface area contributed by atoms with E-state index in [2.05, 4.69) is 41.5 Å². The molecule has 1 aliphatic rings. The van der Waals surface area contributed by atoms with Gasteiger partial charge in [-0.2, -0.15) is 0 Å². The molecule has 0 heterocycles. The average Bonchev–Trinajstić information content (AvgIpc) is 3.00. The summed E-state index contributed by atoms with van der Waals surface area (Å²) in [5.74, 6) is 3.67. The largest absolute Gasteiger partial charge is 0.0654 e. The molecule has 0 aliphatic heterocycles. The van der Waals surface area contributed by atoms with Gasteiger partial charge in [-0.05, 0) is 54.8 Å². The molecule has 0 radical (unpaired) electrons. The van der Waals surface area contributed by atoms with Gasteiger partial charge in [0.1, 0.15) is 0 Å². The summed E-state index contributed by atoms with van der Waals surface area (Å²) in [7, 11) is 0. The molecule has 0 aromatic carbocycles. The van der Waals surface area contributed by atoms with Crippen molar-refractivity contribution in [2.45, 2.75) is 131 Å². The molecule has 0 aromatic rings. The second-order valence-electron chi connectivity index (χ2n) is 10.1. The van der Waals surface area contributed by atoms with Crippen molar-refractivity contribution in [1.82, 2.24) is 0 Å². The van der Waals surface area contributed by atoms with Gasteiger partial charge in [0.05, 0.1) is 0 Å². The predicted octanol–water partition coefficient (Wildman–Crippen LogP) is 9.03. The summed E-state index contributed by atoms with van der Waals surface area (Å²) < 4.78 is 0. The summed E-state index contributed by atoms with van der Waals surface area (Å²) in [6, 6.07) is 0. The fraction of sp³-hybridized carbons (Fsp3) is 1.00. The van der Waals surface area contributed by atoms with Gasteiger partial charge in [0, 0.05) is 0 Å². The van der Waals surface area contributed by atoms with Crippen LogP contribution in [0.5, 0.6) is 0 Å². The number of hydrogen-bond acceptors (Lipinski definition) is 0. The average molecular weight is 351 g/mol. The van der Waals surface area contributed by atoms with Crippen molar-refractivity contribution in [3.05, 3.63) is 0 Å². The van der Waals surface area contributed by atoms with E-state index in [1.54, 1.807) is 0 Å². The van der Waals surface area contributed by atoms with Gasteiger partial charge in [-0.3, -0.25) is 0 Å². The Bertz CT molecular complexity index is 304. The van der Waals surface area contributed by atoms with E-state index in [-0.39, 0.29) is 0 Å². The van der Waals surface area contributed by atoms with Crippen molar-refractivity contribution >= 4 is 0 Å². The van der Waals surface area contributed by atoms with Crippen LogP contribution in [0, 0.1) is 29.1 Å². The maximum absolute atomic E-state index is 2.54. The van der Waals surface area contributed by atoms with Crippen LogP contribution in [0.2, 0.25) is 0 Å². The van der Waals surface area contributed by atoms with Crippen molar-refractivity contribution in [3.8, 4) is 0 Å². The maximum atomic E-state index is 2.54. The summed E-state index contributed by atoms with van der Waals surface area (Å²) in [6.07, 6.45) is 20.5. The lowest BCUT2D eigenvalue weighted by Crippen LogP contribution is -2.25. The molecule has 2 atom stereocenters. The van der Waals surface area contributed by atoms with E-state index in [0.717, 1.165) is 23.7 Å². The van der Waals surface area contributed by atoms with Crippen LogP contribution in [-0.2, 0) is 0 Å². The lowest BCUT2D eigenvalue weighted by Gasteiger charge is -2.34. The predicted molar refractivity (Wildman–Crippen MR) is 115 cm³/mol. The Kier molecular flexibility index (Phi) is 11.4. The fourth-order valence-electron chi connectivity index (χ4n) is 5.50. The van der Waals surface area contributed by atoms with Gasteiger partial charge in [0.25, 0.3) is 0 Å². The first-order valence-electron chi connectivity index (χ1n) is 11.9. The normalized spacial score (nSPS) is 19.7. The van der Waals surface area contributed by atoms with Crippen LogP contribution in [0.25, 0.3) is 0 Å². The molecule has 0 amide bonds. The van der Waals surface area contributed by atoms with Crippen LogP contribution in [-0.4, -0.2) is 0 Å². The first-order valence-corrected chi connectivity index (χ1v) is 11.9. The van der Waals surface area contributed by atoms with Gasteiger partial charge in [-0.15, -0.1) is 0 Å². The first kappa shape index (κ1) is 23.0. The molecular formula is C25H50. The summed E-state index contributed by atoms with van der Waals surface area (Å²) in [5, 5.41) is 0. The zero-order valence-electron chi connectivity index (χ0n) is 18.7. The maximum Gasteiger partial charge on any atom is -0.0326 e. The van der Waals surface area contributed by atoms with Crippen LogP contribution in [0.3, 0.4) is 0 Å². The molecule has 1 saturated carbocycles. The van der Waals surface area contributed by atoms with Crippen molar-refractivity contribution in [2.24, 2.45) is 29.1 Å². The molecule has 1 aliphatic carbocycles. The summed E-state index contributed by atoms with van der Waals surface area (Å²) >= 11 is 0. The Morgan fingerprint density at radius 3 is 1.84 bits per heavy atom. The summed E-state index contributed by atoms with van der Waals surface area (Å²) in [6.45, 7) is 14.7. The van der Waals surface area contributed by atoms with E-state index >= 15 is 0 Å². The topological polar surface area (TPSA) is 0 Å². The Hall–Kier alpha value is 0. The second kappa shape index (κ2) is 12.4. The van der Waals surface area contributed by atoms with Crippen molar-refractivity contribution in [1.29, 1.82) is 0 Å². The minimum absolute atomic E-state index is 0.710. The van der Waals surface area contributed by atoms with Crippen molar-refractivity contribution in [2.75, 3.05) is 0 Å². The summed E-state index contributed by atoms with van der Waals surface area (Å²) in [4.78, 5) is 0. The minimum atomic E-state index is 0.710. The Balaban J connectivity index is 2.35. The lowest BCUT2D eigenvalue weighted by atomic mass is 9.71. The molecule has 0 saturated heterocycles. The van der Waals surface area contributed by atoms with E-state index in [1.807, 2.05) is 0 Å². The highest BCUT2D eigenvalue weighted by Gasteiger charge is 2.28. The molecule has 1 fully saturated rings. The first-order chi connectivity index (χ1) is 11.9. The molecule has 0 heteroatoms. The van der Waals surface area contributed by atoms with Gasteiger partial charge in [0.15, 0.2) is 0 Å². The molecule has 2 unspecified atom stereocenters. The fourth-order valence-corrected chi connectivity index (χ4v) is 5.50.